The number of ether oxygens (including phenoxy) is 1. The number of benzene rings is 1. The summed E-state index contributed by atoms with van der Waals surface area (Å²) in [5.41, 5.74) is 2.37. The molecule has 3 nitrogen and oxygen atoms in total. The fourth-order valence-electron chi connectivity index (χ4n) is 1.51. The Kier molecular flexibility index (Phi) is 3.60. The van der Waals surface area contributed by atoms with Crippen molar-refractivity contribution in [2.45, 2.75) is 13.5 Å². The number of aryl methyl sites for hydroxylation is 1. The van der Waals surface area contributed by atoms with Gasteiger partial charge in [0.1, 0.15) is 11.6 Å². The number of nitrogens with one attached hydrogen (secondary N) is 1. The van der Waals surface area contributed by atoms with E-state index in [0.29, 0.717) is 0 Å². The molecule has 0 aliphatic rings. The molecule has 0 spiro atoms. The zero-order chi connectivity index (χ0) is 12.1. The van der Waals surface area contributed by atoms with Gasteiger partial charge in [-0.3, -0.25) is 0 Å². The number of methoxy groups -OCH3 is 1. The summed E-state index contributed by atoms with van der Waals surface area (Å²) in [7, 11) is 1.67. The first kappa shape index (κ1) is 11.5. The van der Waals surface area contributed by atoms with Gasteiger partial charge in [0, 0.05) is 12.7 Å². The molecule has 0 atom stereocenters. The number of nitrogens with zero attached hydrogens (tertiary/aromatic N) is 1. The zero-order valence-corrected chi connectivity index (χ0v) is 10.1. The van der Waals surface area contributed by atoms with Crippen LogP contribution in [0, 0.1) is 6.92 Å². The van der Waals surface area contributed by atoms with Crippen molar-refractivity contribution >= 4 is 5.82 Å². The first-order valence-electron chi connectivity index (χ1n) is 5.57. The Balaban J connectivity index is 1.95. The Morgan fingerprint density at radius 1 is 1.12 bits per heavy atom. The summed E-state index contributed by atoms with van der Waals surface area (Å²) in [5, 5.41) is 3.27. The summed E-state index contributed by atoms with van der Waals surface area (Å²) < 4.78 is 5.11. The van der Waals surface area contributed by atoms with Crippen LogP contribution < -0.4 is 10.1 Å². The molecule has 1 heterocycles. The first-order chi connectivity index (χ1) is 8.28. The predicted octanol–water partition coefficient (Wildman–Crippen LogP) is 3.01. The van der Waals surface area contributed by atoms with Gasteiger partial charge in [0.05, 0.1) is 7.11 Å². The summed E-state index contributed by atoms with van der Waals surface area (Å²) in [5.74, 6) is 1.77. The fourth-order valence-corrected chi connectivity index (χ4v) is 1.51. The van der Waals surface area contributed by atoms with Crippen LogP contribution in [0.3, 0.4) is 0 Å². The summed E-state index contributed by atoms with van der Waals surface area (Å²) in [6.07, 6.45) is 1.86. The number of anilines is 1. The molecule has 0 saturated heterocycles. The highest BCUT2D eigenvalue weighted by Crippen LogP contribution is 2.12. The minimum Gasteiger partial charge on any atom is -0.497 e. The lowest BCUT2D eigenvalue weighted by Gasteiger charge is -2.06. The van der Waals surface area contributed by atoms with E-state index < -0.39 is 0 Å². The van der Waals surface area contributed by atoms with Gasteiger partial charge in [0.2, 0.25) is 0 Å². The number of hydrogen-bond acceptors (Lipinski definition) is 3. The molecule has 1 aromatic heterocycles. The third kappa shape index (κ3) is 3.21. The Labute approximate surface area is 101 Å². The number of pyridine rings is 1. The Morgan fingerprint density at radius 2 is 1.88 bits per heavy atom. The van der Waals surface area contributed by atoms with Gasteiger partial charge in [-0.15, -0.1) is 0 Å². The second-order valence-corrected chi connectivity index (χ2v) is 3.92. The third-order valence-corrected chi connectivity index (χ3v) is 2.54. The van der Waals surface area contributed by atoms with Crippen molar-refractivity contribution in [3.05, 3.63) is 53.7 Å². The lowest BCUT2D eigenvalue weighted by molar-refractivity contribution is 0.414. The monoisotopic (exact) mass is 228 g/mol. The standard InChI is InChI=1S/C14H16N2O/c1-11-3-8-14(15-9-11)16-10-12-4-6-13(17-2)7-5-12/h3-9H,10H2,1-2H3,(H,15,16). The SMILES string of the molecule is COc1ccc(CNc2ccc(C)cn2)cc1. The number of aromatic nitrogens is 1. The lowest BCUT2D eigenvalue weighted by Crippen LogP contribution is -2.01. The highest BCUT2D eigenvalue weighted by Gasteiger charge is 1.96. The molecule has 88 valence electrons. The average molecular weight is 228 g/mol. The highest BCUT2D eigenvalue weighted by molar-refractivity contribution is 5.37. The molecule has 0 fully saturated rings. The van der Waals surface area contributed by atoms with Crippen LogP contribution in [0.5, 0.6) is 5.75 Å². The Bertz CT molecular complexity index is 463. The van der Waals surface area contributed by atoms with Crippen LogP contribution in [-0.2, 0) is 6.54 Å². The van der Waals surface area contributed by atoms with Gasteiger partial charge in [0.25, 0.3) is 0 Å². The molecule has 0 aliphatic heterocycles. The minimum absolute atomic E-state index is 0.764. The minimum atomic E-state index is 0.764. The second kappa shape index (κ2) is 5.34. The molecule has 2 aromatic rings. The van der Waals surface area contributed by atoms with Crippen molar-refractivity contribution in [1.29, 1.82) is 0 Å². The van der Waals surface area contributed by atoms with E-state index in [2.05, 4.69) is 10.3 Å². The zero-order valence-electron chi connectivity index (χ0n) is 10.1. The quantitative estimate of drug-likeness (QED) is 0.873. The smallest absolute Gasteiger partial charge is 0.126 e. The van der Waals surface area contributed by atoms with Gasteiger partial charge in [-0.05, 0) is 36.2 Å². The molecular weight excluding hydrogens is 212 g/mol. The molecule has 0 unspecified atom stereocenters. The van der Waals surface area contributed by atoms with Crippen LogP contribution in [0.4, 0.5) is 5.82 Å². The summed E-state index contributed by atoms with van der Waals surface area (Å²) >= 11 is 0. The number of rotatable bonds is 4. The molecule has 17 heavy (non-hydrogen) atoms. The predicted molar refractivity (Wildman–Crippen MR) is 69.3 cm³/mol. The van der Waals surface area contributed by atoms with Crippen LogP contribution in [0.25, 0.3) is 0 Å². The van der Waals surface area contributed by atoms with Crippen LogP contribution in [0.2, 0.25) is 0 Å². The Morgan fingerprint density at radius 3 is 2.47 bits per heavy atom. The van der Waals surface area contributed by atoms with Crippen molar-refractivity contribution in [2.75, 3.05) is 12.4 Å². The van der Waals surface area contributed by atoms with E-state index in [1.807, 2.05) is 49.5 Å². The van der Waals surface area contributed by atoms with E-state index in [4.69, 9.17) is 4.74 Å². The topological polar surface area (TPSA) is 34.1 Å². The summed E-state index contributed by atoms with van der Waals surface area (Å²) in [6.45, 7) is 2.79. The highest BCUT2D eigenvalue weighted by atomic mass is 16.5. The van der Waals surface area contributed by atoms with Crippen LogP contribution in [-0.4, -0.2) is 12.1 Å². The van der Waals surface area contributed by atoms with E-state index in [0.717, 1.165) is 18.1 Å². The molecular formula is C14H16N2O. The van der Waals surface area contributed by atoms with Crippen molar-refractivity contribution in [1.82, 2.24) is 4.98 Å². The molecule has 0 amide bonds. The van der Waals surface area contributed by atoms with Gasteiger partial charge in [-0.25, -0.2) is 4.98 Å². The summed E-state index contributed by atoms with van der Waals surface area (Å²) in [4.78, 5) is 4.29. The van der Waals surface area contributed by atoms with Crippen molar-refractivity contribution in [3.63, 3.8) is 0 Å². The van der Waals surface area contributed by atoms with Gasteiger partial charge in [-0.2, -0.15) is 0 Å². The molecule has 1 aromatic carbocycles. The normalized spacial score (nSPS) is 10.0. The second-order valence-electron chi connectivity index (χ2n) is 3.92. The fraction of sp³-hybridized carbons (Fsp3) is 0.214. The van der Waals surface area contributed by atoms with E-state index in [-0.39, 0.29) is 0 Å². The van der Waals surface area contributed by atoms with Gasteiger partial charge < -0.3 is 10.1 Å². The maximum absolute atomic E-state index is 5.11. The maximum atomic E-state index is 5.11. The van der Waals surface area contributed by atoms with Gasteiger partial charge in [-0.1, -0.05) is 18.2 Å². The molecule has 2 rings (SSSR count). The van der Waals surface area contributed by atoms with Gasteiger partial charge in [0.15, 0.2) is 0 Å². The largest absolute Gasteiger partial charge is 0.497 e. The molecule has 0 saturated carbocycles. The Hall–Kier alpha value is -2.03. The van der Waals surface area contributed by atoms with Gasteiger partial charge >= 0.3 is 0 Å². The van der Waals surface area contributed by atoms with Crippen LogP contribution in [0.1, 0.15) is 11.1 Å². The van der Waals surface area contributed by atoms with Crippen molar-refractivity contribution in [2.24, 2.45) is 0 Å². The lowest BCUT2D eigenvalue weighted by atomic mass is 10.2. The molecule has 1 N–H and O–H groups in total. The van der Waals surface area contributed by atoms with E-state index in [1.54, 1.807) is 7.11 Å². The maximum Gasteiger partial charge on any atom is 0.126 e. The molecule has 3 heteroatoms. The van der Waals surface area contributed by atoms with E-state index in [1.165, 1.54) is 11.1 Å². The van der Waals surface area contributed by atoms with E-state index >= 15 is 0 Å². The van der Waals surface area contributed by atoms with E-state index in [9.17, 15) is 0 Å². The number of hydrogen-bond donors (Lipinski definition) is 1. The van der Waals surface area contributed by atoms with Crippen LogP contribution in [0.15, 0.2) is 42.6 Å². The molecule has 0 radical (unpaired) electrons. The van der Waals surface area contributed by atoms with Crippen LogP contribution >= 0.6 is 0 Å². The molecule has 0 aliphatic carbocycles. The third-order valence-electron chi connectivity index (χ3n) is 2.54. The summed E-state index contributed by atoms with van der Waals surface area (Å²) in [6, 6.07) is 12.0. The van der Waals surface area contributed by atoms with Crippen molar-refractivity contribution in [3.8, 4) is 5.75 Å². The van der Waals surface area contributed by atoms with Crippen molar-refractivity contribution < 1.29 is 4.74 Å². The first-order valence-corrected chi connectivity index (χ1v) is 5.57. The average Bonchev–Trinajstić information content (AvgIpc) is 2.39. The molecule has 0 bridgehead atoms.